The van der Waals surface area contributed by atoms with Crippen molar-refractivity contribution in [1.82, 2.24) is 4.98 Å². The molecule has 112 valence electrons. The van der Waals surface area contributed by atoms with Gasteiger partial charge in [-0.25, -0.2) is 8.78 Å². The molecule has 0 aliphatic heterocycles. The van der Waals surface area contributed by atoms with Gasteiger partial charge in [0.1, 0.15) is 11.6 Å². The summed E-state index contributed by atoms with van der Waals surface area (Å²) in [5, 5.41) is 9.05. The molecule has 1 aromatic heterocycles. The average molecular weight is 306 g/mol. The van der Waals surface area contributed by atoms with Gasteiger partial charge in [0, 0.05) is 17.3 Å². The first kappa shape index (κ1) is 14.9. The number of aromatic nitrogens is 1. The second kappa shape index (κ2) is 6.37. The third-order valence-corrected chi connectivity index (χ3v) is 3.52. The number of rotatable bonds is 3. The minimum atomic E-state index is -0.376. The molecule has 2 nitrogen and oxygen atoms in total. The second-order valence-electron chi connectivity index (χ2n) is 5.05. The molecule has 0 spiro atoms. The summed E-state index contributed by atoms with van der Waals surface area (Å²) >= 11 is 0. The molecule has 0 unspecified atom stereocenters. The molecule has 2 aromatic carbocycles. The standard InChI is InChI=1S/C19H12F2N2/c20-16-5-1-3-14(11-16)18-13(7-9-22)8-10-23-19(18)15-4-2-6-17(21)12-15/h1-6,8,10-12H,7H2. The summed E-state index contributed by atoms with van der Waals surface area (Å²) in [5.41, 5.74) is 3.11. The smallest absolute Gasteiger partial charge is 0.123 e. The summed E-state index contributed by atoms with van der Waals surface area (Å²) in [6.45, 7) is 0. The minimum Gasteiger partial charge on any atom is -0.256 e. The Balaban J connectivity index is 2.28. The van der Waals surface area contributed by atoms with Gasteiger partial charge < -0.3 is 0 Å². The molecule has 0 aliphatic rings. The molecule has 0 bridgehead atoms. The summed E-state index contributed by atoms with van der Waals surface area (Å²) in [6, 6.07) is 16.0. The van der Waals surface area contributed by atoms with Crippen molar-refractivity contribution in [2.75, 3.05) is 0 Å². The quantitative estimate of drug-likeness (QED) is 0.699. The van der Waals surface area contributed by atoms with Crippen LogP contribution in [-0.4, -0.2) is 4.98 Å². The number of benzene rings is 2. The summed E-state index contributed by atoms with van der Waals surface area (Å²) in [5.74, 6) is -0.750. The summed E-state index contributed by atoms with van der Waals surface area (Å²) < 4.78 is 27.2. The molecule has 0 aliphatic carbocycles. The van der Waals surface area contributed by atoms with E-state index in [-0.39, 0.29) is 18.1 Å². The normalized spacial score (nSPS) is 10.3. The number of pyridine rings is 1. The number of hydrogen-bond acceptors (Lipinski definition) is 2. The van der Waals surface area contributed by atoms with Gasteiger partial charge in [-0.3, -0.25) is 4.98 Å². The van der Waals surface area contributed by atoms with Crippen LogP contribution in [-0.2, 0) is 6.42 Å². The lowest BCUT2D eigenvalue weighted by Crippen LogP contribution is -1.96. The predicted molar refractivity (Wildman–Crippen MR) is 84.3 cm³/mol. The van der Waals surface area contributed by atoms with E-state index in [9.17, 15) is 8.78 Å². The Morgan fingerprint density at radius 1 is 0.913 bits per heavy atom. The lowest BCUT2D eigenvalue weighted by molar-refractivity contribution is 0.627. The fourth-order valence-electron chi connectivity index (χ4n) is 2.55. The summed E-state index contributed by atoms with van der Waals surface area (Å²) in [4.78, 5) is 4.34. The maximum Gasteiger partial charge on any atom is 0.123 e. The molecule has 0 fully saturated rings. The molecule has 0 saturated carbocycles. The van der Waals surface area contributed by atoms with E-state index in [1.54, 1.807) is 36.5 Å². The zero-order chi connectivity index (χ0) is 16.2. The number of hydrogen-bond donors (Lipinski definition) is 0. The highest BCUT2D eigenvalue weighted by Gasteiger charge is 2.14. The summed E-state index contributed by atoms with van der Waals surface area (Å²) in [7, 11) is 0. The highest BCUT2D eigenvalue weighted by Crippen LogP contribution is 2.34. The average Bonchev–Trinajstić information content (AvgIpc) is 2.55. The largest absolute Gasteiger partial charge is 0.256 e. The van der Waals surface area contributed by atoms with Gasteiger partial charge in [0.15, 0.2) is 0 Å². The summed E-state index contributed by atoms with van der Waals surface area (Å²) in [6.07, 6.45) is 1.74. The predicted octanol–water partition coefficient (Wildman–Crippen LogP) is 4.76. The third-order valence-electron chi connectivity index (χ3n) is 3.52. The van der Waals surface area contributed by atoms with Crippen molar-refractivity contribution in [1.29, 1.82) is 5.26 Å². The van der Waals surface area contributed by atoms with Gasteiger partial charge in [-0.1, -0.05) is 24.3 Å². The Morgan fingerprint density at radius 3 is 2.22 bits per heavy atom. The molecule has 0 N–H and O–H groups in total. The zero-order valence-corrected chi connectivity index (χ0v) is 12.1. The Labute approximate surface area is 132 Å². The van der Waals surface area contributed by atoms with Crippen molar-refractivity contribution in [3.05, 3.63) is 78.0 Å². The van der Waals surface area contributed by atoms with Crippen LogP contribution in [0.1, 0.15) is 5.56 Å². The first-order valence-corrected chi connectivity index (χ1v) is 7.06. The van der Waals surface area contributed by atoms with Crippen molar-refractivity contribution < 1.29 is 8.78 Å². The molecule has 0 saturated heterocycles. The van der Waals surface area contributed by atoms with Crippen LogP contribution in [0.5, 0.6) is 0 Å². The van der Waals surface area contributed by atoms with Gasteiger partial charge in [-0.05, 0) is 41.5 Å². The molecule has 0 amide bonds. The molecule has 4 heteroatoms. The van der Waals surface area contributed by atoms with Crippen molar-refractivity contribution in [2.45, 2.75) is 6.42 Å². The monoisotopic (exact) mass is 306 g/mol. The van der Waals surface area contributed by atoms with E-state index in [2.05, 4.69) is 11.1 Å². The molecule has 1 heterocycles. The van der Waals surface area contributed by atoms with E-state index in [1.807, 2.05) is 0 Å². The molecule has 3 aromatic rings. The molecule has 23 heavy (non-hydrogen) atoms. The molecule has 3 rings (SSSR count). The first-order chi connectivity index (χ1) is 11.2. The van der Waals surface area contributed by atoms with E-state index < -0.39 is 0 Å². The van der Waals surface area contributed by atoms with Gasteiger partial charge in [-0.2, -0.15) is 5.26 Å². The van der Waals surface area contributed by atoms with E-state index in [0.29, 0.717) is 22.4 Å². The van der Waals surface area contributed by atoms with E-state index >= 15 is 0 Å². The van der Waals surface area contributed by atoms with Gasteiger partial charge in [0.25, 0.3) is 0 Å². The zero-order valence-electron chi connectivity index (χ0n) is 12.1. The van der Waals surface area contributed by atoms with E-state index in [4.69, 9.17) is 5.26 Å². The third kappa shape index (κ3) is 3.09. The molecule has 0 atom stereocenters. The number of nitrogens with zero attached hydrogens (tertiary/aromatic N) is 2. The SMILES string of the molecule is N#CCc1ccnc(-c2cccc(F)c2)c1-c1cccc(F)c1. The van der Waals surface area contributed by atoms with Crippen molar-refractivity contribution in [2.24, 2.45) is 0 Å². The lowest BCUT2D eigenvalue weighted by atomic mass is 9.93. The Hall–Kier alpha value is -3.06. The molecule has 0 radical (unpaired) electrons. The maximum atomic E-state index is 13.6. The van der Waals surface area contributed by atoms with Gasteiger partial charge in [-0.15, -0.1) is 0 Å². The molecular weight excluding hydrogens is 294 g/mol. The fourth-order valence-corrected chi connectivity index (χ4v) is 2.55. The van der Waals surface area contributed by atoms with E-state index in [1.165, 1.54) is 24.3 Å². The lowest BCUT2D eigenvalue weighted by Gasteiger charge is -2.13. The highest BCUT2D eigenvalue weighted by molar-refractivity contribution is 5.83. The number of nitriles is 1. The maximum absolute atomic E-state index is 13.6. The van der Waals surface area contributed by atoms with Crippen molar-refractivity contribution in [3.63, 3.8) is 0 Å². The van der Waals surface area contributed by atoms with Gasteiger partial charge in [0.2, 0.25) is 0 Å². The Bertz CT molecular complexity index is 898. The van der Waals surface area contributed by atoms with Crippen LogP contribution in [0.25, 0.3) is 22.4 Å². The van der Waals surface area contributed by atoms with Crippen molar-refractivity contribution >= 4 is 0 Å². The fraction of sp³-hybridized carbons (Fsp3) is 0.0526. The van der Waals surface area contributed by atoms with Gasteiger partial charge in [0.05, 0.1) is 18.2 Å². The Morgan fingerprint density at radius 2 is 1.57 bits per heavy atom. The van der Waals surface area contributed by atoms with Crippen LogP contribution < -0.4 is 0 Å². The van der Waals surface area contributed by atoms with Crippen LogP contribution in [0.2, 0.25) is 0 Å². The van der Waals surface area contributed by atoms with E-state index in [0.717, 1.165) is 5.56 Å². The van der Waals surface area contributed by atoms with Crippen LogP contribution in [0.3, 0.4) is 0 Å². The van der Waals surface area contributed by atoms with Crippen molar-refractivity contribution in [3.8, 4) is 28.5 Å². The van der Waals surface area contributed by atoms with Crippen LogP contribution >= 0.6 is 0 Å². The van der Waals surface area contributed by atoms with Crippen LogP contribution in [0, 0.1) is 23.0 Å². The van der Waals surface area contributed by atoms with Crippen LogP contribution in [0.4, 0.5) is 8.78 Å². The highest BCUT2D eigenvalue weighted by atomic mass is 19.1. The first-order valence-electron chi connectivity index (χ1n) is 7.06. The van der Waals surface area contributed by atoms with Crippen LogP contribution in [0.15, 0.2) is 60.8 Å². The minimum absolute atomic E-state index is 0.163. The van der Waals surface area contributed by atoms with Gasteiger partial charge >= 0.3 is 0 Å². The topological polar surface area (TPSA) is 36.7 Å². The second-order valence-corrected chi connectivity index (χ2v) is 5.05. The Kier molecular flexibility index (Phi) is 4.11. The number of halogens is 2. The molecular formula is C19H12F2N2.